The van der Waals surface area contributed by atoms with Crippen LogP contribution in [0.4, 0.5) is 8.78 Å². The largest absolute Gasteiger partial charge is 0.383 e. The van der Waals surface area contributed by atoms with Crippen molar-refractivity contribution in [2.75, 3.05) is 0 Å². The number of aryl methyl sites for hydroxylation is 1. The molecule has 2 atom stereocenters. The number of carbonyl (C=O) groups excluding carboxylic acids is 1. The van der Waals surface area contributed by atoms with Crippen LogP contribution in [0, 0.1) is 5.41 Å². The monoisotopic (exact) mass is 453 g/mol. The molecule has 0 aromatic heterocycles. The minimum atomic E-state index is -3.11. The number of amides is 1. The highest BCUT2D eigenvalue weighted by atomic mass is 19.3. The third-order valence-corrected chi connectivity index (χ3v) is 6.26. The van der Waals surface area contributed by atoms with E-state index in [9.17, 15) is 18.7 Å². The van der Waals surface area contributed by atoms with Crippen molar-refractivity contribution in [3.05, 3.63) is 96.1 Å². The number of hydroxylamine groups is 1. The fraction of sp³-hybridized carbons (Fsp3) is 0.296. The minimum absolute atomic E-state index is 0.00948. The van der Waals surface area contributed by atoms with E-state index in [1.54, 1.807) is 0 Å². The summed E-state index contributed by atoms with van der Waals surface area (Å²) in [6, 6.07) is 26.7. The molecule has 0 aliphatic heterocycles. The van der Waals surface area contributed by atoms with Gasteiger partial charge in [0.1, 0.15) is 5.60 Å². The first-order valence-electron chi connectivity index (χ1n) is 10.8. The van der Waals surface area contributed by atoms with Crippen LogP contribution in [-0.2, 0) is 22.7 Å². The van der Waals surface area contributed by atoms with E-state index in [1.807, 2.05) is 84.9 Å². The van der Waals surface area contributed by atoms with Crippen LogP contribution >= 0.6 is 0 Å². The average Bonchev–Trinajstić information content (AvgIpc) is 2.83. The maximum atomic E-state index is 13.8. The van der Waals surface area contributed by atoms with E-state index in [4.69, 9.17) is 4.84 Å². The van der Waals surface area contributed by atoms with Gasteiger partial charge in [0.25, 0.3) is 12.3 Å². The van der Waals surface area contributed by atoms with E-state index in [0.29, 0.717) is 6.42 Å². The Morgan fingerprint density at radius 1 is 0.879 bits per heavy atom. The molecule has 174 valence electrons. The maximum absolute atomic E-state index is 13.8. The van der Waals surface area contributed by atoms with E-state index in [1.165, 1.54) is 6.92 Å². The molecule has 1 amide bonds. The molecule has 3 aromatic rings. The number of hydrogen-bond acceptors (Lipinski definition) is 3. The first-order chi connectivity index (χ1) is 15.7. The van der Waals surface area contributed by atoms with Gasteiger partial charge in [-0.2, -0.15) is 0 Å². The maximum Gasteiger partial charge on any atom is 0.267 e. The molecule has 6 heteroatoms. The van der Waals surface area contributed by atoms with Gasteiger partial charge in [-0.3, -0.25) is 9.63 Å². The topological polar surface area (TPSA) is 58.6 Å². The Balaban J connectivity index is 1.70. The molecule has 2 unspecified atom stereocenters. The Kier molecular flexibility index (Phi) is 7.95. The molecule has 0 saturated carbocycles. The zero-order valence-electron chi connectivity index (χ0n) is 18.8. The van der Waals surface area contributed by atoms with E-state index >= 15 is 0 Å². The molecule has 0 heterocycles. The van der Waals surface area contributed by atoms with Crippen LogP contribution in [0.2, 0.25) is 0 Å². The van der Waals surface area contributed by atoms with E-state index in [2.05, 4.69) is 5.48 Å². The van der Waals surface area contributed by atoms with Crippen LogP contribution in [0.1, 0.15) is 31.4 Å². The van der Waals surface area contributed by atoms with Crippen molar-refractivity contribution in [2.45, 2.75) is 45.3 Å². The van der Waals surface area contributed by atoms with Gasteiger partial charge in [-0.25, -0.2) is 14.3 Å². The van der Waals surface area contributed by atoms with Crippen molar-refractivity contribution in [2.24, 2.45) is 5.41 Å². The molecule has 0 bridgehead atoms. The molecule has 0 aliphatic rings. The molecule has 0 saturated heterocycles. The number of halogens is 2. The van der Waals surface area contributed by atoms with Gasteiger partial charge in [0, 0.05) is 0 Å². The minimum Gasteiger partial charge on any atom is -0.383 e. The van der Waals surface area contributed by atoms with Gasteiger partial charge in [0.05, 0.1) is 12.0 Å². The first kappa shape index (κ1) is 24.6. The Morgan fingerprint density at radius 2 is 1.42 bits per heavy atom. The van der Waals surface area contributed by atoms with Crippen molar-refractivity contribution in [1.29, 1.82) is 0 Å². The summed E-state index contributed by atoms with van der Waals surface area (Å²) in [5, 5.41) is 10.6. The number of aliphatic hydroxyl groups is 1. The summed E-state index contributed by atoms with van der Waals surface area (Å²) in [6.07, 6.45) is -2.77. The van der Waals surface area contributed by atoms with Crippen LogP contribution in [-0.4, -0.2) is 23.0 Å². The van der Waals surface area contributed by atoms with Crippen molar-refractivity contribution in [3.8, 4) is 11.1 Å². The number of hydrogen-bond donors (Lipinski definition) is 2. The Bertz CT molecular complexity index is 1020. The summed E-state index contributed by atoms with van der Waals surface area (Å²) in [7, 11) is 0. The number of alkyl halides is 2. The van der Waals surface area contributed by atoms with E-state index in [0.717, 1.165) is 29.2 Å². The van der Waals surface area contributed by atoms with Gasteiger partial charge < -0.3 is 5.11 Å². The van der Waals surface area contributed by atoms with Crippen LogP contribution in [0.25, 0.3) is 11.1 Å². The molecule has 2 N–H and O–H groups in total. The quantitative estimate of drug-likeness (QED) is 0.396. The van der Waals surface area contributed by atoms with Gasteiger partial charge in [0.2, 0.25) is 0 Å². The summed E-state index contributed by atoms with van der Waals surface area (Å²) < 4.78 is 27.5. The third kappa shape index (κ3) is 5.83. The summed E-state index contributed by atoms with van der Waals surface area (Å²) in [6.45, 7) is 2.42. The van der Waals surface area contributed by atoms with Crippen molar-refractivity contribution < 1.29 is 23.5 Å². The Hall–Kier alpha value is -3.09. The lowest BCUT2D eigenvalue weighted by atomic mass is 9.70. The molecular weight excluding hydrogens is 424 g/mol. The predicted octanol–water partition coefficient (Wildman–Crippen LogP) is 5.56. The predicted molar refractivity (Wildman–Crippen MR) is 124 cm³/mol. The Labute approximate surface area is 193 Å². The Morgan fingerprint density at radius 3 is 2.00 bits per heavy atom. The first-order valence-corrected chi connectivity index (χ1v) is 10.8. The average molecular weight is 454 g/mol. The van der Waals surface area contributed by atoms with Crippen LogP contribution in [0.15, 0.2) is 84.9 Å². The lowest BCUT2D eigenvalue weighted by Crippen LogP contribution is -2.57. The van der Waals surface area contributed by atoms with E-state index < -0.39 is 23.3 Å². The lowest BCUT2D eigenvalue weighted by molar-refractivity contribution is -0.186. The molecule has 3 rings (SSSR count). The van der Waals surface area contributed by atoms with Crippen molar-refractivity contribution in [1.82, 2.24) is 5.48 Å². The molecular formula is C27H29F2NO3. The fourth-order valence-electron chi connectivity index (χ4n) is 3.60. The molecule has 0 radical (unpaired) electrons. The third-order valence-electron chi connectivity index (χ3n) is 6.26. The summed E-state index contributed by atoms with van der Waals surface area (Å²) in [5.74, 6) is -0.787. The summed E-state index contributed by atoms with van der Waals surface area (Å²) in [5.41, 5.74) is 1.75. The number of nitrogens with one attached hydrogen (secondary N) is 1. The number of benzene rings is 3. The summed E-state index contributed by atoms with van der Waals surface area (Å²) >= 11 is 0. The van der Waals surface area contributed by atoms with Gasteiger partial charge in [-0.05, 0) is 48.9 Å². The second-order valence-corrected chi connectivity index (χ2v) is 8.55. The molecule has 33 heavy (non-hydrogen) atoms. The van der Waals surface area contributed by atoms with Gasteiger partial charge in [0.15, 0.2) is 0 Å². The normalized spacial score (nSPS) is 15.0. The van der Waals surface area contributed by atoms with E-state index in [-0.39, 0.29) is 13.0 Å². The molecule has 3 aromatic carbocycles. The zero-order valence-corrected chi connectivity index (χ0v) is 18.8. The zero-order chi connectivity index (χ0) is 23.9. The SMILES string of the molecule is CC(CCc1ccc(-c2ccccc2)cc1)(C(=O)NOCc1ccccc1)C(C)(O)C(F)F. The summed E-state index contributed by atoms with van der Waals surface area (Å²) in [4.78, 5) is 18.2. The van der Waals surface area contributed by atoms with Crippen LogP contribution < -0.4 is 5.48 Å². The van der Waals surface area contributed by atoms with Gasteiger partial charge in [-0.1, -0.05) is 84.9 Å². The molecule has 0 fully saturated rings. The molecule has 0 aliphatic carbocycles. The highest BCUT2D eigenvalue weighted by molar-refractivity contribution is 5.82. The van der Waals surface area contributed by atoms with Crippen molar-refractivity contribution >= 4 is 5.91 Å². The number of rotatable bonds is 10. The van der Waals surface area contributed by atoms with Crippen LogP contribution in [0.5, 0.6) is 0 Å². The van der Waals surface area contributed by atoms with Gasteiger partial charge in [-0.15, -0.1) is 0 Å². The molecule has 0 spiro atoms. The lowest BCUT2D eigenvalue weighted by Gasteiger charge is -2.40. The molecule has 4 nitrogen and oxygen atoms in total. The van der Waals surface area contributed by atoms with Crippen LogP contribution in [0.3, 0.4) is 0 Å². The highest BCUT2D eigenvalue weighted by Gasteiger charge is 2.54. The second-order valence-electron chi connectivity index (χ2n) is 8.55. The second kappa shape index (κ2) is 10.7. The smallest absolute Gasteiger partial charge is 0.267 e. The fourth-order valence-corrected chi connectivity index (χ4v) is 3.60. The number of carbonyl (C=O) groups is 1. The standard InChI is InChI=1S/C27H29F2NO3/c1-26(27(2,32)24(28)29,25(31)30-33-19-21-9-5-3-6-10-21)18-17-20-13-15-23(16-14-20)22-11-7-4-8-12-22/h3-16,24,32H,17-19H2,1-2H3,(H,30,31). The van der Waals surface area contributed by atoms with Crippen molar-refractivity contribution in [3.63, 3.8) is 0 Å². The highest BCUT2D eigenvalue weighted by Crippen LogP contribution is 2.40. The van der Waals surface area contributed by atoms with Gasteiger partial charge >= 0.3 is 0 Å².